The number of amides is 1. The van der Waals surface area contributed by atoms with E-state index in [0.29, 0.717) is 18.0 Å². The van der Waals surface area contributed by atoms with Crippen LogP contribution in [0.1, 0.15) is 6.42 Å². The molecule has 0 aromatic heterocycles. The highest BCUT2D eigenvalue weighted by molar-refractivity contribution is 5.92. The topological polar surface area (TPSA) is 47.6 Å². The molecule has 104 valence electrons. The van der Waals surface area contributed by atoms with Gasteiger partial charge in [0.2, 0.25) is 5.91 Å². The molecule has 0 heterocycles. The van der Waals surface area contributed by atoms with E-state index < -0.39 is 0 Å². The molecule has 0 radical (unpaired) electrons. The normalized spacial score (nSPS) is 9.85. The highest BCUT2D eigenvalue weighted by Crippen LogP contribution is 2.23. The molecule has 1 N–H and O–H groups in total. The van der Waals surface area contributed by atoms with Gasteiger partial charge in [-0.05, 0) is 24.3 Å². The first kappa shape index (κ1) is 13.9. The van der Waals surface area contributed by atoms with E-state index in [9.17, 15) is 4.79 Å². The van der Waals surface area contributed by atoms with Crippen molar-refractivity contribution in [3.8, 4) is 11.5 Å². The van der Waals surface area contributed by atoms with Gasteiger partial charge < -0.3 is 14.8 Å². The van der Waals surface area contributed by atoms with Gasteiger partial charge >= 0.3 is 0 Å². The van der Waals surface area contributed by atoms with E-state index in [-0.39, 0.29) is 12.3 Å². The maximum absolute atomic E-state index is 11.8. The molecule has 0 bridgehead atoms. The largest absolute Gasteiger partial charge is 0.495 e. The zero-order valence-electron chi connectivity index (χ0n) is 11.3. The van der Waals surface area contributed by atoms with Crippen molar-refractivity contribution in [3.63, 3.8) is 0 Å². The molecular weight excluding hydrogens is 254 g/mol. The fourth-order valence-electron chi connectivity index (χ4n) is 1.74. The Morgan fingerprint density at radius 2 is 1.75 bits per heavy atom. The summed E-state index contributed by atoms with van der Waals surface area (Å²) < 4.78 is 10.7. The SMILES string of the molecule is COc1ccccc1NC(=O)CCOc1ccccc1. The van der Waals surface area contributed by atoms with Crippen LogP contribution in [0.4, 0.5) is 5.69 Å². The summed E-state index contributed by atoms with van der Waals surface area (Å²) in [6, 6.07) is 16.7. The first-order valence-electron chi connectivity index (χ1n) is 6.40. The Bertz CT molecular complexity index is 555. The van der Waals surface area contributed by atoms with Gasteiger partial charge in [-0.25, -0.2) is 0 Å². The molecule has 0 aliphatic rings. The molecule has 2 aromatic rings. The number of nitrogens with one attached hydrogen (secondary N) is 1. The van der Waals surface area contributed by atoms with Crippen molar-refractivity contribution in [2.45, 2.75) is 6.42 Å². The van der Waals surface area contributed by atoms with Crippen LogP contribution in [0.15, 0.2) is 54.6 Å². The summed E-state index contributed by atoms with van der Waals surface area (Å²) in [4.78, 5) is 11.8. The Morgan fingerprint density at radius 1 is 1.05 bits per heavy atom. The number of anilines is 1. The number of hydrogen-bond acceptors (Lipinski definition) is 3. The second kappa shape index (κ2) is 7.19. The van der Waals surface area contributed by atoms with E-state index in [2.05, 4.69) is 5.32 Å². The highest BCUT2D eigenvalue weighted by Gasteiger charge is 2.06. The molecule has 0 unspecified atom stereocenters. The van der Waals surface area contributed by atoms with E-state index in [1.54, 1.807) is 19.2 Å². The van der Waals surface area contributed by atoms with Gasteiger partial charge in [-0.15, -0.1) is 0 Å². The summed E-state index contributed by atoms with van der Waals surface area (Å²) in [6.45, 7) is 0.338. The maximum atomic E-state index is 11.8. The zero-order valence-corrected chi connectivity index (χ0v) is 11.3. The van der Waals surface area contributed by atoms with Crippen LogP contribution in [-0.2, 0) is 4.79 Å². The van der Waals surface area contributed by atoms with Crippen molar-refractivity contribution in [2.24, 2.45) is 0 Å². The van der Waals surface area contributed by atoms with E-state index >= 15 is 0 Å². The number of ether oxygens (including phenoxy) is 2. The summed E-state index contributed by atoms with van der Waals surface area (Å²) in [6.07, 6.45) is 0.285. The van der Waals surface area contributed by atoms with E-state index in [1.165, 1.54) is 0 Å². The molecule has 2 aromatic carbocycles. The van der Waals surface area contributed by atoms with Crippen molar-refractivity contribution in [1.82, 2.24) is 0 Å². The van der Waals surface area contributed by atoms with Gasteiger partial charge in [-0.1, -0.05) is 30.3 Å². The number of rotatable bonds is 6. The molecule has 4 heteroatoms. The van der Waals surface area contributed by atoms with Gasteiger partial charge in [0, 0.05) is 0 Å². The molecular formula is C16H17NO3. The molecule has 0 fully saturated rings. The van der Waals surface area contributed by atoms with Gasteiger partial charge in [-0.2, -0.15) is 0 Å². The summed E-state index contributed by atoms with van der Waals surface area (Å²) in [5, 5.41) is 2.80. The Morgan fingerprint density at radius 3 is 2.50 bits per heavy atom. The van der Waals surface area contributed by atoms with E-state index in [1.807, 2.05) is 42.5 Å². The minimum absolute atomic E-state index is 0.106. The fraction of sp³-hybridized carbons (Fsp3) is 0.188. The lowest BCUT2D eigenvalue weighted by Crippen LogP contribution is -2.15. The fourth-order valence-corrected chi connectivity index (χ4v) is 1.74. The summed E-state index contributed by atoms with van der Waals surface area (Å²) in [7, 11) is 1.57. The average molecular weight is 271 g/mol. The van der Waals surface area contributed by atoms with Crippen LogP contribution < -0.4 is 14.8 Å². The first-order valence-corrected chi connectivity index (χ1v) is 6.40. The van der Waals surface area contributed by atoms with Gasteiger partial charge in [0.25, 0.3) is 0 Å². The standard InChI is InChI=1S/C16H17NO3/c1-19-15-10-6-5-9-14(15)17-16(18)11-12-20-13-7-3-2-4-8-13/h2-10H,11-12H2,1H3,(H,17,18). The molecule has 0 saturated carbocycles. The molecule has 2 rings (SSSR count). The van der Waals surface area contributed by atoms with Crippen molar-refractivity contribution >= 4 is 11.6 Å². The zero-order chi connectivity index (χ0) is 14.2. The minimum Gasteiger partial charge on any atom is -0.495 e. The van der Waals surface area contributed by atoms with Crippen LogP contribution in [0.5, 0.6) is 11.5 Å². The Hall–Kier alpha value is -2.49. The van der Waals surface area contributed by atoms with Crippen molar-refractivity contribution in [2.75, 3.05) is 19.0 Å². The maximum Gasteiger partial charge on any atom is 0.227 e. The number of carbonyl (C=O) groups is 1. The molecule has 1 amide bonds. The summed E-state index contributed by atoms with van der Waals surface area (Å²) in [5.41, 5.74) is 0.666. The molecule has 0 saturated heterocycles. The van der Waals surface area contributed by atoms with Crippen molar-refractivity contribution < 1.29 is 14.3 Å². The Kier molecular flexibility index (Phi) is 5.00. The number of para-hydroxylation sites is 3. The van der Waals surface area contributed by atoms with Gasteiger partial charge in [0.1, 0.15) is 11.5 Å². The average Bonchev–Trinajstić information content (AvgIpc) is 2.49. The van der Waals surface area contributed by atoms with Gasteiger partial charge in [0.05, 0.1) is 25.8 Å². The molecule has 4 nitrogen and oxygen atoms in total. The smallest absolute Gasteiger partial charge is 0.227 e. The van der Waals surface area contributed by atoms with Crippen LogP contribution in [0.25, 0.3) is 0 Å². The predicted molar refractivity (Wildman–Crippen MR) is 78.2 cm³/mol. The molecule has 0 aliphatic heterocycles. The highest BCUT2D eigenvalue weighted by atomic mass is 16.5. The molecule has 0 atom stereocenters. The Balaban J connectivity index is 1.81. The summed E-state index contributed by atoms with van der Waals surface area (Å²) >= 11 is 0. The number of methoxy groups -OCH3 is 1. The monoisotopic (exact) mass is 271 g/mol. The lowest BCUT2D eigenvalue weighted by Gasteiger charge is -2.10. The van der Waals surface area contributed by atoms with Crippen LogP contribution in [-0.4, -0.2) is 19.6 Å². The number of carbonyl (C=O) groups excluding carboxylic acids is 1. The van der Waals surface area contributed by atoms with Gasteiger partial charge in [-0.3, -0.25) is 4.79 Å². The number of benzene rings is 2. The van der Waals surface area contributed by atoms with E-state index in [4.69, 9.17) is 9.47 Å². The van der Waals surface area contributed by atoms with Crippen molar-refractivity contribution in [3.05, 3.63) is 54.6 Å². The third-order valence-corrected chi connectivity index (χ3v) is 2.72. The second-order valence-electron chi connectivity index (χ2n) is 4.16. The first-order chi connectivity index (χ1) is 9.79. The van der Waals surface area contributed by atoms with Crippen LogP contribution in [0, 0.1) is 0 Å². The minimum atomic E-state index is -0.106. The van der Waals surface area contributed by atoms with Crippen LogP contribution in [0.3, 0.4) is 0 Å². The second-order valence-corrected chi connectivity index (χ2v) is 4.16. The molecule has 0 spiro atoms. The predicted octanol–water partition coefficient (Wildman–Crippen LogP) is 3.10. The quantitative estimate of drug-likeness (QED) is 0.878. The lowest BCUT2D eigenvalue weighted by atomic mass is 10.3. The summed E-state index contributed by atoms with van der Waals surface area (Å²) in [5.74, 6) is 1.30. The van der Waals surface area contributed by atoms with Crippen molar-refractivity contribution in [1.29, 1.82) is 0 Å². The third-order valence-electron chi connectivity index (χ3n) is 2.72. The van der Waals surface area contributed by atoms with Crippen LogP contribution >= 0.6 is 0 Å². The van der Waals surface area contributed by atoms with E-state index in [0.717, 1.165) is 5.75 Å². The lowest BCUT2D eigenvalue weighted by molar-refractivity contribution is -0.116. The molecule has 20 heavy (non-hydrogen) atoms. The Labute approximate surface area is 118 Å². The number of hydrogen-bond donors (Lipinski definition) is 1. The van der Waals surface area contributed by atoms with Crippen LogP contribution in [0.2, 0.25) is 0 Å². The molecule has 0 aliphatic carbocycles. The van der Waals surface area contributed by atoms with Gasteiger partial charge in [0.15, 0.2) is 0 Å². The third kappa shape index (κ3) is 4.02.